The van der Waals surface area contributed by atoms with Gasteiger partial charge in [0, 0.05) is 18.9 Å². The Kier molecular flexibility index (Phi) is 5.43. The van der Waals surface area contributed by atoms with Crippen LogP contribution < -0.4 is 9.47 Å². The Morgan fingerprint density at radius 3 is 2.17 bits per heavy atom. The molecule has 1 N–H and O–H groups in total. The number of ether oxygens (including phenoxy) is 2. The highest BCUT2D eigenvalue weighted by Gasteiger charge is 2.63. The molecule has 0 unspecified atom stereocenters. The van der Waals surface area contributed by atoms with Gasteiger partial charge in [-0.05, 0) is 61.4 Å². The number of carbonyl (C=O) groups excluding carboxylic acids is 4. The van der Waals surface area contributed by atoms with Crippen LogP contribution in [0.3, 0.4) is 0 Å². The zero-order chi connectivity index (χ0) is 26.3. The van der Waals surface area contributed by atoms with Crippen LogP contribution in [-0.4, -0.2) is 54.7 Å². The van der Waals surface area contributed by atoms with Gasteiger partial charge >= 0.3 is 0 Å². The molecule has 190 valence electrons. The molecule has 3 aliphatic carbocycles. The first-order chi connectivity index (χ1) is 17.0. The normalized spacial score (nSPS) is 33.8. The van der Waals surface area contributed by atoms with Crippen molar-refractivity contribution in [3.05, 3.63) is 40.5 Å². The maximum Gasteiger partial charge on any atom is 0.233 e. The fraction of sp³-hybridized carbons (Fsp3) is 0.500. The van der Waals surface area contributed by atoms with Crippen LogP contribution >= 0.6 is 0 Å². The van der Waals surface area contributed by atoms with Gasteiger partial charge in [-0.25, -0.2) is 0 Å². The van der Waals surface area contributed by atoms with E-state index in [0.717, 1.165) is 5.57 Å². The molecule has 0 radical (unpaired) electrons. The molecule has 8 nitrogen and oxygen atoms in total. The van der Waals surface area contributed by atoms with Crippen molar-refractivity contribution in [3.63, 3.8) is 0 Å². The lowest BCUT2D eigenvalue weighted by Gasteiger charge is -2.54. The summed E-state index contributed by atoms with van der Waals surface area (Å²) in [4.78, 5) is 54.9. The summed E-state index contributed by atoms with van der Waals surface area (Å²) in [5, 5.41) is 10.5. The minimum absolute atomic E-state index is 0.0939. The average Bonchev–Trinajstić information content (AvgIpc) is 3.09. The summed E-state index contributed by atoms with van der Waals surface area (Å²) in [5.41, 5.74) is 1.33. The monoisotopic (exact) mass is 493 g/mol. The minimum Gasteiger partial charge on any atom is -0.502 e. The molecule has 5 rings (SSSR count). The van der Waals surface area contributed by atoms with E-state index in [9.17, 15) is 24.3 Å². The molecule has 1 heterocycles. The number of hydrogen-bond donors (Lipinski definition) is 1. The van der Waals surface area contributed by atoms with Crippen molar-refractivity contribution in [3.8, 4) is 17.2 Å². The van der Waals surface area contributed by atoms with Gasteiger partial charge in [-0.3, -0.25) is 24.1 Å². The molecule has 0 aromatic heterocycles. The lowest BCUT2D eigenvalue weighted by Crippen LogP contribution is -2.55. The van der Waals surface area contributed by atoms with E-state index in [1.165, 1.54) is 26.2 Å². The molecular formula is C28H31NO7. The number of nitrogens with zero attached hydrogens (tertiary/aromatic N) is 1. The van der Waals surface area contributed by atoms with E-state index in [2.05, 4.69) is 0 Å². The van der Waals surface area contributed by atoms with E-state index in [1.807, 2.05) is 13.0 Å². The smallest absolute Gasteiger partial charge is 0.233 e. The van der Waals surface area contributed by atoms with E-state index >= 15 is 0 Å². The Morgan fingerprint density at radius 2 is 1.58 bits per heavy atom. The van der Waals surface area contributed by atoms with Crippen molar-refractivity contribution < 1.29 is 33.8 Å². The van der Waals surface area contributed by atoms with Gasteiger partial charge < -0.3 is 14.6 Å². The number of Topliss-reactive ketones (excluding diaryl/α,β-unsaturated/α-hetero) is 2. The fourth-order valence-corrected chi connectivity index (χ4v) is 7.20. The molecule has 1 saturated heterocycles. The second-order valence-electron chi connectivity index (χ2n) is 10.6. The molecule has 2 amide bonds. The molecule has 0 bridgehead atoms. The number of aromatic hydroxyl groups is 1. The van der Waals surface area contributed by atoms with Crippen LogP contribution in [0, 0.1) is 29.1 Å². The summed E-state index contributed by atoms with van der Waals surface area (Å²) in [7, 11) is 4.37. The van der Waals surface area contributed by atoms with Crippen LogP contribution in [0.1, 0.15) is 45.1 Å². The number of methoxy groups -OCH3 is 2. The second-order valence-corrected chi connectivity index (χ2v) is 10.6. The molecule has 36 heavy (non-hydrogen) atoms. The number of imide groups is 1. The average molecular weight is 494 g/mol. The van der Waals surface area contributed by atoms with Crippen LogP contribution in [0.2, 0.25) is 0 Å². The summed E-state index contributed by atoms with van der Waals surface area (Å²) < 4.78 is 10.8. The molecule has 1 aromatic rings. The summed E-state index contributed by atoms with van der Waals surface area (Å²) in [6.45, 7) is 5.21. The quantitative estimate of drug-likeness (QED) is 0.509. The van der Waals surface area contributed by atoms with E-state index < -0.39 is 29.1 Å². The molecule has 2 fully saturated rings. The Balaban J connectivity index is 1.78. The van der Waals surface area contributed by atoms with Crippen molar-refractivity contribution in [1.82, 2.24) is 4.90 Å². The van der Waals surface area contributed by atoms with Crippen LogP contribution in [-0.2, 0) is 19.2 Å². The summed E-state index contributed by atoms with van der Waals surface area (Å²) in [5.74, 6) is -3.03. The van der Waals surface area contributed by atoms with Gasteiger partial charge in [0.05, 0.1) is 31.5 Å². The van der Waals surface area contributed by atoms with Crippen LogP contribution in [0.25, 0.3) is 0 Å². The number of likely N-dealkylation sites (tertiary alicyclic amines) is 1. The van der Waals surface area contributed by atoms with Gasteiger partial charge in [-0.2, -0.15) is 0 Å². The number of rotatable bonds is 3. The molecule has 0 spiro atoms. The minimum atomic E-state index is -1.11. The molecule has 6 atom stereocenters. The zero-order valence-electron chi connectivity index (χ0n) is 21.4. The first kappa shape index (κ1) is 24.3. The Bertz CT molecular complexity index is 1270. The molecule has 4 aliphatic rings. The van der Waals surface area contributed by atoms with Crippen molar-refractivity contribution in [2.75, 3.05) is 21.3 Å². The second kappa shape index (κ2) is 8.05. The zero-order valence-corrected chi connectivity index (χ0v) is 21.4. The van der Waals surface area contributed by atoms with Crippen LogP contribution in [0.4, 0.5) is 0 Å². The maximum atomic E-state index is 14.0. The Hall–Kier alpha value is -3.42. The highest BCUT2D eigenvalue weighted by atomic mass is 16.5. The number of hydrogen-bond acceptors (Lipinski definition) is 7. The predicted octanol–water partition coefficient (Wildman–Crippen LogP) is 3.18. The topological polar surface area (TPSA) is 110 Å². The lowest BCUT2D eigenvalue weighted by molar-refractivity contribution is -0.142. The Labute approximate surface area is 209 Å². The number of phenols is 1. The van der Waals surface area contributed by atoms with Crippen LogP contribution in [0.5, 0.6) is 17.2 Å². The number of phenolic OH excluding ortho intramolecular Hbond substituents is 1. The predicted molar refractivity (Wildman–Crippen MR) is 130 cm³/mol. The Morgan fingerprint density at radius 1 is 0.972 bits per heavy atom. The molecule has 1 saturated carbocycles. The van der Waals surface area contributed by atoms with E-state index in [4.69, 9.17) is 9.47 Å². The van der Waals surface area contributed by atoms with E-state index in [-0.39, 0.29) is 46.5 Å². The van der Waals surface area contributed by atoms with Gasteiger partial charge in [0.25, 0.3) is 0 Å². The molecule has 1 aromatic carbocycles. The standard InChI is InChI=1S/C28H31NO7/c1-12-13(2)25(32)28(3)18(23(12)30)11-17-15(7-8-16-21(17)27(34)29(4)26(16)33)22(28)14-9-19(35-5)24(31)20(10-14)36-6/h7,9-10,16-18,21-22,31H,8,11H2,1-6H3/t16-,17+,18-,21-,22-,28+/m0/s1. The number of carbonyl (C=O) groups is 4. The SMILES string of the molecule is COc1cc([C@H]2C3=CC[C@@H]4C(=O)N(C)C(=O)[C@@H]4[C@@H]3C[C@H]3C(=O)C(C)=C(C)C(=O)[C@@]23C)cc(OC)c1O. The molecular weight excluding hydrogens is 462 g/mol. The third-order valence-corrected chi connectivity index (χ3v) is 9.23. The first-order valence-corrected chi connectivity index (χ1v) is 12.2. The van der Waals surface area contributed by atoms with Crippen molar-refractivity contribution in [1.29, 1.82) is 0 Å². The number of amides is 2. The third kappa shape index (κ3) is 2.93. The van der Waals surface area contributed by atoms with Gasteiger partial charge in [-0.1, -0.05) is 18.6 Å². The lowest BCUT2D eigenvalue weighted by atomic mass is 9.46. The number of benzene rings is 1. The number of fused-ring (bicyclic) bond motifs is 4. The number of allylic oxidation sites excluding steroid dienone is 4. The third-order valence-electron chi connectivity index (χ3n) is 9.23. The van der Waals surface area contributed by atoms with E-state index in [1.54, 1.807) is 26.0 Å². The maximum absolute atomic E-state index is 14.0. The van der Waals surface area contributed by atoms with Crippen molar-refractivity contribution in [2.45, 2.75) is 39.5 Å². The van der Waals surface area contributed by atoms with Crippen LogP contribution in [0.15, 0.2) is 34.9 Å². The fourth-order valence-electron chi connectivity index (χ4n) is 7.20. The molecule has 8 heteroatoms. The van der Waals surface area contributed by atoms with Gasteiger partial charge in [0.15, 0.2) is 23.1 Å². The van der Waals surface area contributed by atoms with Gasteiger partial charge in [-0.15, -0.1) is 0 Å². The summed E-state index contributed by atoms with van der Waals surface area (Å²) in [6, 6.07) is 3.35. The summed E-state index contributed by atoms with van der Waals surface area (Å²) >= 11 is 0. The van der Waals surface area contributed by atoms with Gasteiger partial charge in [0.1, 0.15) is 0 Å². The van der Waals surface area contributed by atoms with Crippen molar-refractivity contribution >= 4 is 23.4 Å². The van der Waals surface area contributed by atoms with Gasteiger partial charge in [0.2, 0.25) is 17.6 Å². The largest absolute Gasteiger partial charge is 0.502 e. The summed E-state index contributed by atoms with van der Waals surface area (Å²) in [6.07, 6.45) is 2.71. The highest BCUT2D eigenvalue weighted by Crippen LogP contribution is 2.63. The molecule has 1 aliphatic heterocycles. The van der Waals surface area contributed by atoms with E-state index in [0.29, 0.717) is 29.6 Å². The highest BCUT2D eigenvalue weighted by molar-refractivity contribution is 6.16. The first-order valence-electron chi connectivity index (χ1n) is 12.2. The van der Waals surface area contributed by atoms with Crippen molar-refractivity contribution in [2.24, 2.45) is 29.1 Å². The number of ketones is 2.